The van der Waals surface area contributed by atoms with E-state index in [2.05, 4.69) is 41.5 Å². The number of likely N-dealkylation sites (tertiary alicyclic amines) is 1. The summed E-state index contributed by atoms with van der Waals surface area (Å²) in [5.41, 5.74) is 18.0. The van der Waals surface area contributed by atoms with Crippen molar-refractivity contribution in [3.8, 4) is 5.75 Å². The molecule has 64 heavy (non-hydrogen) atoms. The molecule has 3 aromatic rings. The predicted octanol–water partition coefficient (Wildman–Crippen LogP) is -2.87. The Balaban J connectivity index is 1.49. The number of amides is 6. The van der Waals surface area contributed by atoms with Crippen LogP contribution in [0.4, 0.5) is 0 Å². The monoisotopic (exact) mass is 890 g/mol. The molecule has 1 fully saturated rings. The summed E-state index contributed by atoms with van der Waals surface area (Å²) in [6.45, 7) is -0.317. The highest BCUT2D eigenvalue weighted by molar-refractivity contribution is 5.98. The lowest BCUT2D eigenvalue weighted by Crippen LogP contribution is -2.60. The lowest BCUT2D eigenvalue weighted by molar-refractivity contribution is -0.145. The molecule has 15 N–H and O–H groups in total. The van der Waals surface area contributed by atoms with Gasteiger partial charge in [0.05, 0.1) is 25.3 Å². The summed E-state index contributed by atoms with van der Waals surface area (Å²) < 4.78 is 0. The Morgan fingerprint density at radius 1 is 0.812 bits per heavy atom. The first kappa shape index (κ1) is 49.1. The van der Waals surface area contributed by atoms with Crippen molar-refractivity contribution in [3.05, 3.63) is 83.9 Å². The summed E-state index contributed by atoms with van der Waals surface area (Å²) >= 11 is 0. The van der Waals surface area contributed by atoms with E-state index in [4.69, 9.17) is 17.2 Å². The van der Waals surface area contributed by atoms with Crippen molar-refractivity contribution in [3.63, 3.8) is 0 Å². The number of rotatable bonds is 24. The van der Waals surface area contributed by atoms with Crippen LogP contribution < -0.4 is 43.8 Å². The van der Waals surface area contributed by atoms with Crippen LogP contribution in [-0.4, -0.2) is 139 Å². The number of carboxylic acids is 2. The van der Waals surface area contributed by atoms with E-state index >= 15 is 0 Å². The smallest absolute Gasteiger partial charge is 0.326 e. The molecule has 0 aliphatic carbocycles. The van der Waals surface area contributed by atoms with Gasteiger partial charge in [-0.3, -0.25) is 38.6 Å². The maximum atomic E-state index is 14.3. The minimum atomic E-state index is -1.81. The van der Waals surface area contributed by atoms with Gasteiger partial charge >= 0.3 is 11.9 Å². The van der Waals surface area contributed by atoms with Crippen LogP contribution in [0.1, 0.15) is 48.9 Å². The number of nitrogens with two attached hydrogens (primary N) is 3. The molecule has 0 spiro atoms. The molecular formula is C41H54N12O11. The van der Waals surface area contributed by atoms with Gasteiger partial charge in [-0.1, -0.05) is 42.5 Å². The predicted molar refractivity (Wildman–Crippen MR) is 227 cm³/mol. The van der Waals surface area contributed by atoms with Crippen molar-refractivity contribution in [2.75, 3.05) is 19.6 Å². The van der Waals surface area contributed by atoms with Crippen molar-refractivity contribution < 1.29 is 53.7 Å². The van der Waals surface area contributed by atoms with Crippen LogP contribution in [0.2, 0.25) is 0 Å². The minimum absolute atomic E-state index is 0.0217. The van der Waals surface area contributed by atoms with Crippen molar-refractivity contribution in [2.45, 2.75) is 87.6 Å². The molecule has 1 aromatic heterocycles. The number of benzene rings is 2. The molecule has 2 heterocycles. The molecule has 23 heteroatoms. The minimum Gasteiger partial charge on any atom is -0.508 e. The van der Waals surface area contributed by atoms with Crippen LogP contribution in [0.3, 0.4) is 0 Å². The number of phenols is 1. The molecular weight excluding hydrogens is 837 g/mol. The molecule has 0 unspecified atom stereocenters. The molecule has 23 nitrogen and oxygen atoms in total. The molecule has 4 rings (SSSR count). The third-order valence-electron chi connectivity index (χ3n) is 10.1. The largest absolute Gasteiger partial charge is 0.508 e. The number of phenolic OH excluding ortho intramolecular Hbond substituents is 1. The number of guanidine groups is 1. The first-order chi connectivity index (χ1) is 30.5. The Bertz CT molecular complexity index is 2120. The summed E-state index contributed by atoms with van der Waals surface area (Å²) in [6.07, 6.45) is 2.42. The van der Waals surface area contributed by atoms with E-state index in [0.717, 1.165) is 0 Å². The number of hydrogen-bond donors (Lipinski definition) is 12. The Morgan fingerprint density at radius 3 is 2.11 bits per heavy atom. The van der Waals surface area contributed by atoms with Gasteiger partial charge in [-0.2, -0.15) is 0 Å². The Morgan fingerprint density at radius 2 is 1.47 bits per heavy atom. The summed E-state index contributed by atoms with van der Waals surface area (Å²) in [4.78, 5) is 117. The van der Waals surface area contributed by atoms with Gasteiger partial charge in [0.2, 0.25) is 35.4 Å². The number of imidazole rings is 1. The van der Waals surface area contributed by atoms with E-state index in [-0.39, 0.29) is 56.9 Å². The lowest BCUT2D eigenvalue weighted by Gasteiger charge is -2.30. The number of aliphatic carboxylic acids is 2. The van der Waals surface area contributed by atoms with Crippen molar-refractivity contribution >= 4 is 53.3 Å². The van der Waals surface area contributed by atoms with Crippen LogP contribution in [0.25, 0.3) is 0 Å². The second kappa shape index (κ2) is 24.2. The standard InChI is InChI=1S/C41H54N12O11/c42-27(8-4-14-46-41(43)44)35(58)47-21-33(55)49-28(16-24-10-12-26(54)13-11-24)36(59)50-29(19-34(56)57)37(60)51-30(18-25-20-45-22-48-25)39(62)53-15-5-9-32(53)38(61)52-31(40(63)64)17-23-6-2-1-3-7-23/h1-3,6-7,10-13,20,22,27-32,54H,4-5,8-9,14-19,21,42H2,(H,45,48)(H,47,58)(H,49,55)(H,50,59)(H,51,60)(H,52,61)(H,56,57)(H,63,64)(H4,43,44,46)/t27-,28-,29-,30-,31-,32-/m0/s1. The van der Waals surface area contributed by atoms with Gasteiger partial charge in [0.15, 0.2) is 5.96 Å². The highest BCUT2D eigenvalue weighted by Gasteiger charge is 2.40. The molecule has 1 saturated heterocycles. The van der Waals surface area contributed by atoms with Gasteiger partial charge in [-0.05, 0) is 48.9 Å². The highest BCUT2D eigenvalue weighted by atomic mass is 16.4. The van der Waals surface area contributed by atoms with Crippen LogP contribution >= 0.6 is 0 Å². The molecule has 0 bridgehead atoms. The number of carbonyl (C=O) groups excluding carboxylic acids is 6. The summed E-state index contributed by atoms with van der Waals surface area (Å²) in [5, 5.41) is 41.7. The first-order valence-corrected chi connectivity index (χ1v) is 20.3. The van der Waals surface area contributed by atoms with E-state index < -0.39 is 96.6 Å². The number of hydrogen-bond acceptors (Lipinski definition) is 12. The molecule has 6 atom stereocenters. The molecule has 0 saturated carbocycles. The molecule has 1 aliphatic heterocycles. The number of carboxylic acid groups (broad SMARTS) is 2. The van der Waals surface area contributed by atoms with Crippen molar-refractivity contribution in [1.29, 1.82) is 0 Å². The molecule has 0 radical (unpaired) electrons. The number of aromatic amines is 1. The number of nitrogens with zero attached hydrogens (tertiary/aromatic N) is 3. The maximum Gasteiger partial charge on any atom is 0.326 e. The van der Waals surface area contributed by atoms with E-state index in [1.807, 2.05) is 0 Å². The Kier molecular flexibility index (Phi) is 18.5. The zero-order valence-electron chi connectivity index (χ0n) is 34.8. The van der Waals surface area contributed by atoms with Gasteiger partial charge < -0.3 is 69.0 Å². The topological polar surface area (TPSA) is 380 Å². The molecule has 2 aromatic carbocycles. The van der Waals surface area contributed by atoms with Crippen molar-refractivity contribution in [2.24, 2.45) is 22.2 Å². The number of nitrogens with one attached hydrogen (secondary N) is 6. The molecule has 344 valence electrons. The van der Waals surface area contributed by atoms with E-state index in [9.17, 15) is 53.7 Å². The zero-order valence-corrected chi connectivity index (χ0v) is 34.8. The number of aliphatic imine (C=N–C) groups is 1. The number of carbonyl (C=O) groups is 8. The average molecular weight is 891 g/mol. The quantitative estimate of drug-likeness (QED) is 0.0244. The van der Waals surface area contributed by atoms with E-state index in [1.54, 1.807) is 30.3 Å². The zero-order chi connectivity index (χ0) is 46.8. The van der Waals surface area contributed by atoms with E-state index in [0.29, 0.717) is 29.7 Å². The Labute approximate surface area is 367 Å². The van der Waals surface area contributed by atoms with Gasteiger partial charge in [0.25, 0.3) is 0 Å². The summed E-state index contributed by atoms with van der Waals surface area (Å²) in [6, 6.07) is 6.10. The second-order valence-electron chi connectivity index (χ2n) is 15.0. The SMILES string of the molecule is NC(N)=NCCC[C@H](N)C(=O)NCC(=O)N[C@@H](Cc1ccc(O)cc1)C(=O)N[C@@H](CC(=O)O)C(=O)N[C@@H](Cc1cnc[nH]1)C(=O)N1CCC[C@H]1C(=O)N[C@@H](Cc1ccccc1)C(=O)O. The number of aromatic hydroxyl groups is 1. The van der Waals surface area contributed by atoms with Crippen LogP contribution in [0.15, 0.2) is 72.1 Å². The Hall–Kier alpha value is -7.56. The van der Waals surface area contributed by atoms with Gasteiger partial charge in [0, 0.05) is 44.2 Å². The highest BCUT2D eigenvalue weighted by Crippen LogP contribution is 2.21. The maximum absolute atomic E-state index is 14.3. The van der Waals surface area contributed by atoms with Gasteiger partial charge in [0.1, 0.15) is 36.0 Å². The van der Waals surface area contributed by atoms with Gasteiger partial charge in [-0.15, -0.1) is 0 Å². The number of aromatic nitrogens is 2. The number of H-pyrrole nitrogens is 1. The third-order valence-corrected chi connectivity index (χ3v) is 10.1. The lowest BCUT2D eigenvalue weighted by atomic mass is 10.0. The fourth-order valence-corrected chi connectivity index (χ4v) is 6.84. The summed E-state index contributed by atoms with van der Waals surface area (Å²) in [5.74, 6) is -8.10. The summed E-state index contributed by atoms with van der Waals surface area (Å²) in [7, 11) is 0. The van der Waals surface area contributed by atoms with Crippen LogP contribution in [0, 0.1) is 0 Å². The molecule has 1 aliphatic rings. The van der Waals surface area contributed by atoms with Crippen LogP contribution in [-0.2, 0) is 57.6 Å². The van der Waals surface area contributed by atoms with Gasteiger partial charge in [-0.25, -0.2) is 9.78 Å². The average Bonchev–Trinajstić information content (AvgIpc) is 3.97. The molecule has 6 amide bonds. The first-order valence-electron chi connectivity index (χ1n) is 20.3. The fraction of sp³-hybridized carbons (Fsp3) is 0.415. The second-order valence-corrected chi connectivity index (χ2v) is 15.0. The van der Waals surface area contributed by atoms with Crippen LogP contribution in [0.5, 0.6) is 5.75 Å². The van der Waals surface area contributed by atoms with E-state index in [1.165, 1.54) is 41.7 Å². The fourth-order valence-electron chi connectivity index (χ4n) is 6.84. The normalized spacial score (nSPS) is 15.6. The third kappa shape index (κ3) is 15.7. The van der Waals surface area contributed by atoms with Crippen molar-refractivity contribution in [1.82, 2.24) is 41.5 Å².